The van der Waals surface area contributed by atoms with Crippen LogP contribution in [0.15, 0.2) is 49.1 Å². The van der Waals surface area contributed by atoms with Crippen LogP contribution in [0.5, 0.6) is 0 Å². The third-order valence-electron chi connectivity index (χ3n) is 6.50. The molecule has 4 heteroatoms. The minimum atomic E-state index is 0.346. The molecule has 0 bridgehead atoms. The van der Waals surface area contributed by atoms with Gasteiger partial charge >= 0.3 is 219 Å². The predicted octanol–water partition coefficient (Wildman–Crippen LogP) is 9.22. The summed E-state index contributed by atoms with van der Waals surface area (Å²) in [7, 11) is 0. The second kappa shape index (κ2) is 10.8. The molecule has 34 heavy (non-hydrogen) atoms. The molecule has 2 aromatic carbocycles. The van der Waals surface area contributed by atoms with Gasteiger partial charge < -0.3 is 0 Å². The number of allylic oxidation sites excluding steroid dienone is 1. The molecule has 0 saturated carbocycles. The molecule has 0 radical (unpaired) electrons. The number of nitrogens with zero attached hydrogens (tertiary/aromatic N) is 2. The van der Waals surface area contributed by atoms with Gasteiger partial charge in [-0.2, -0.15) is 0 Å². The van der Waals surface area contributed by atoms with Crippen LogP contribution < -0.4 is 0 Å². The van der Waals surface area contributed by atoms with E-state index in [4.69, 9.17) is 26.6 Å². The van der Waals surface area contributed by atoms with Crippen LogP contribution in [-0.4, -0.2) is 9.13 Å². The Bertz CT molecular complexity index is 1240. The summed E-state index contributed by atoms with van der Waals surface area (Å²) >= 11 is 13.0. The first kappa shape index (κ1) is 26.8. The van der Waals surface area contributed by atoms with Crippen molar-refractivity contribution in [2.75, 3.05) is 0 Å². The third-order valence-corrected chi connectivity index (χ3v) is 7.33. The molecule has 0 atom stereocenters. The van der Waals surface area contributed by atoms with E-state index in [1.165, 1.54) is 22.3 Å². The summed E-state index contributed by atoms with van der Waals surface area (Å²) in [5.41, 5.74) is 8.56. The van der Waals surface area contributed by atoms with Crippen LogP contribution in [0.25, 0.3) is 11.4 Å². The predicted molar refractivity (Wildman–Crippen MR) is 144 cm³/mol. The van der Waals surface area contributed by atoms with Gasteiger partial charge in [-0.3, -0.25) is 0 Å². The fourth-order valence-electron chi connectivity index (χ4n) is 5.04. The van der Waals surface area contributed by atoms with Crippen molar-refractivity contribution >= 4 is 11.6 Å². The van der Waals surface area contributed by atoms with Gasteiger partial charge in [0.15, 0.2) is 0 Å². The monoisotopic (exact) mass is 520 g/mol. The summed E-state index contributed by atoms with van der Waals surface area (Å²) in [6.07, 6.45) is 2.56. The van der Waals surface area contributed by atoms with Gasteiger partial charge in [0.1, 0.15) is 0 Å². The standard InChI is InChI=1S/C30H39ClN2.Ni/c1-10-13-27-30(31)33(26-17-12-15-24(20(4)5)29(26)22(8)9)18-32(27)25-16-11-14-23(19(2)3)28(25)21(6)7;/h10-12,14-17,19-22H,1,13H2,2-9H3;. The molecule has 186 valence electrons. The van der Waals surface area contributed by atoms with E-state index in [0.29, 0.717) is 35.2 Å². The van der Waals surface area contributed by atoms with Crippen LogP contribution in [0.3, 0.4) is 0 Å². The van der Waals surface area contributed by atoms with Crippen LogP contribution in [0.2, 0.25) is 5.15 Å². The SMILES string of the molecule is C=CCc1c(Cl)n(-c2cccc(C(C)C)c2C(C)C)[c](=[Ni])n1-c1cccc(C(C)C)c1C(C)C. The Kier molecular flexibility index (Phi) is 8.53. The zero-order valence-electron chi connectivity index (χ0n) is 21.9. The number of halogens is 1. The Hall–Kier alpha value is -1.83. The fourth-order valence-corrected chi connectivity index (χ4v) is 5.91. The van der Waals surface area contributed by atoms with Crippen molar-refractivity contribution in [3.8, 4) is 11.4 Å². The van der Waals surface area contributed by atoms with E-state index >= 15 is 0 Å². The van der Waals surface area contributed by atoms with Gasteiger partial charge in [-0.25, -0.2) is 0 Å². The Balaban J connectivity index is 2.47. The van der Waals surface area contributed by atoms with Crippen molar-refractivity contribution in [1.29, 1.82) is 0 Å². The molecule has 0 fully saturated rings. The molecule has 2 nitrogen and oxygen atoms in total. The van der Waals surface area contributed by atoms with Gasteiger partial charge in [-0.1, -0.05) is 0 Å². The summed E-state index contributed by atoms with van der Waals surface area (Å²) in [4.78, 5) is 0. The van der Waals surface area contributed by atoms with E-state index in [1.54, 1.807) is 0 Å². The average molecular weight is 522 g/mol. The Labute approximate surface area is 218 Å². The van der Waals surface area contributed by atoms with Gasteiger partial charge in [0, 0.05) is 0 Å². The quantitative estimate of drug-likeness (QED) is 0.206. The molecule has 0 amide bonds. The van der Waals surface area contributed by atoms with Crippen LogP contribution in [0.4, 0.5) is 0 Å². The van der Waals surface area contributed by atoms with Gasteiger partial charge in [0.05, 0.1) is 0 Å². The maximum absolute atomic E-state index is 7.18. The minimum absolute atomic E-state index is 0.346. The molecule has 0 aliphatic rings. The normalized spacial score (nSPS) is 12.0. The first-order valence-electron chi connectivity index (χ1n) is 12.4. The van der Waals surface area contributed by atoms with Crippen LogP contribution in [0, 0.1) is 4.40 Å². The summed E-state index contributed by atoms with van der Waals surface area (Å²) in [5.74, 6) is 1.54. The Morgan fingerprint density at radius 3 is 1.59 bits per heavy atom. The van der Waals surface area contributed by atoms with E-state index in [9.17, 15) is 0 Å². The van der Waals surface area contributed by atoms with E-state index < -0.39 is 0 Å². The molecule has 0 aliphatic heterocycles. The molecule has 3 aromatic rings. The first-order valence-corrected chi connectivity index (χ1v) is 13.2. The number of imidazole rings is 1. The molecule has 1 heterocycles. The van der Waals surface area contributed by atoms with Gasteiger partial charge in [-0.15, -0.1) is 0 Å². The zero-order chi connectivity index (χ0) is 25.3. The van der Waals surface area contributed by atoms with Crippen molar-refractivity contribution in [3.05, 3.63) is 86.6 Å². The van der Waals surface area contributed by atoms with Crippen LogP contribution in [0.1, 0.15) is 107 Å². The van der Waals surface area contributed by atoms with Crippen molar-refractivity contribution in [3.63, 3.8) is 0 Å². The van der Waals surface area contributed by atoms with Crippen LogP contribution in [-0.2, 0) is 21.5 Å². The Morgan fingerprint density at radius 1 is 0.765 bits per heavy atom. The number of aromatic nitrogens is 2. The molecule has 3 rings (SSSR count). The average Bonchev–Trinajstić information content (AvgIpc) is 3.01. The summed E-state index contributed by atoms with van der Waals surface area (Å²) in [6.45, 7) is 22.0. The van der Waals surface area contributed by atoms with E-state index in [2.05, 4.69) is 108 Å². The second-order valence-corrected chi connectivity index (χ2v) is 11.1. The van der Waals surface area contributed by atoms with Gasteiger partial charge in [-0.05, 0) is 0 Å². The number of hydrogen-bond acceptors (Lipinski definition) is 0. The molecule has 0 unspecified atom stereocenters. The van der Waals surface area contributed by atoms with Crippen molar-refractivity contribution in [2.24, 2.45) is 0 Å². The molecule has 0 aliphatic carbocycles. The molecular weight excluding hydrogens is 482 g/mol. The van der Waals surface area contributed by atoms with E-state index in [-0.39, 0.29) is 0 Å². The fraction of sp³-hybridized carbons (Fsp3) is 0.433. The molecule has 0 saturated heterocycles. The van der Waals surface area contributed by atoms with Crippen molar-refractivity contribution in [1.82, 2.24) is 9.13 Å². The molecule has 0 N–H and O–H groups in total. The molecular formula is C30H39ClN2Ni. The number of hydrogen-bond donors (Lipinski definition) is 0. The zero-order valence-corrected chi connectivity index (χ0v) is 23.6. The summed E-state index contributed by atoms with van der Waals surface area (Å²) < 4.78 is 5.04. The molecule has 1 aromatic heterocycles. The second-order valence-electron chi connectivity index (χ2n) is 10.3. The van der Waals surface area contributed by atoms with E-state index in [0.717, 1.165) is 21.5 Å². The van der Waals surface area contributed by atoms with Crippen molar-refractivity contribution < 1.29 is 15.0 Å². The first-order chi connectivity index (χ1) is 16.0. The number of rotatable bonds is 8. The number of benzene rings is 2. The topological polar surface area (TPSA) is 9.86 Å². The third kappa shape index (κ3) is 4.80. The Morgan fingerprint density at radius 2 is 1.21 bits per heavy atom. The van der Waals surface area contributed by atoms with Crippen LogP contribution >= 0.6 is 11.6 Å². The molecule has 0 spiro atoms. The van der Waals surface area contributed by atoms with Gasteiger partial charge in [0.2, 0.25) is 0 Å². The maximum atomic E-state index is 7.18. The summed E-state index contributed by atoms with van der Waals surface area (Å²) in [5, 5.41) is 0.675. The van der Waals surface area contributed by atoms with Gasteiger partial charge in [0.25, 0.3) is 0 Å². The summed E-state index contributed by atoms with van der Waals surface area (Å²) in [6, 6.07) is 13.1. The van der Waals surface area contributed by atoms with E-state index in [1.807, 2.05) is 6.08 Å². The van der Waals surface area contributed by atoms with Crippen molar-refractivity contribution in [2.45, 2.75) is 85.5 Å².